The first kappa shape index (κ1) is 10.8. The molecule has 0 atom stereocenters. The van der Waals surface area contributed by atoms with Crippen LogP contribution in [0.5, 0.6) is 0 Å². The summed E-state index contributed by atoms with van der Waals surface area (Å²) in [5.74, 6) is 0. The summed E-state index contributed by atoms with van der Waals surface area (Å²) in [6, 6.07) is 6.06. The average Bonchev–Trinajstić information content (AvgIpc) is 2.78. The molecule has 0 fully saturated rings. The average molecular weight is 218 g/mol. The number of aliphatic hydroxyl groups excluding tert-OH is 1. The number of hydrogen-bond acceptors (Lipinski definition) is 2. The molecule has 4 nitrogen and oxygen atoms in total. The Kier molecular flexibility index (Phi) is 3.01. The molecule has 2 N–H and O–H groups in total. The maximum atomic E-state index is 9.24. The first-order valence-electron chi connectivity index (χ1n) is 5.37. The summed E-state index contributed by atoms with van der Waals surface area (Å²) < 4.78 is 2.01. The van der Waals surface area contributed by atoms with Crippen molar-refractivity contribution in [2.24, 2.45) is 0 Å². The third-order valence-corrected chi connectivity index (χ3v) is 2.52. The molecule has 2 heterocycles. The van der Waals surface area contributed by atoms with Gasteiger partial charge >= 0.3 is 0 Å². The van der Waals surface area contributed by atoms with E-state index in [0.29, 0.717) is 6.04 Å². The van der Waals surface area contributed by atoms with Crippen LogP contribution < -0.4 is 4.68 Å². The third kappa shape index (κ3) is 1.97. The van der Waals surface area contributed by atoms with Gasteiger partial charge in [-0.15, -0.1) is 4.68 Å². The van der Waals surface area contributed by atoms with Gasteiger partial charge in [0.25, 0.3) is 0 Å². The first-order chi connectivity index (χ1) is 7.72. The van der Waals surface area contributed by atoms with E-state index in [1.54, 1.807) is 6.20 Å². The second-order valence-electron chi connectivity index (χ2n) is 4.01. The molecule has 0 amide bonds. The Morgan fingerprint density at radius 2 is 2.25 bits per heavy atom. The van der Waals surface area contributed by atoms with Crippen LogP contribution in [0.25, 0.3) is 11.4 Å². The molecular weight excluding hydrogens is 202 g/mol. The zero-order chi connectivity index (χ0) is 11.5. The van der Waals surface area contributed by atoms with Gasteiger partial charge in [-0.3, -0.25) is 4.98 Å². The molecule has 0 spiro atoms. The SMILES string of the molecule is CC(C)[n+]1ccc(-c2ncccc2CO)[nH]1. The van der Waals surface area contributed by atoms with E-state index in [4.69, 9.17) is 0 Å². The van der Waals surface area contributed by atoms with Crippen LogP contribution in [0.4, 0.5) is 0 Å². The Hall–Kier alpha value is -1.68. The molecule has 2 rings (SSSR count). The molecule has 84 valence electrons. The van der Waals surface area contributed by atoms with Gasteiger partial charge in [0, 0.05) is 17.8 Å². The minimum Gasteiger partial charge on any atom is -0.392 e. The van der Waals surface area contributed by atoms with Crippen LogP contribution in [-0.2, 0) is 6.61 Å². The highest BCUT2D eigenvalue weighted by atomic mass is 16.3. The lowest BCUT2D eigenvalue weighted by atomic mass is 10.1. The third-order valence-electron chi connectivity index (χ3n) is 2.52. The van der Waals surface area contributed by atoms with Crippen LogP contribution >= 0.6 is 0 Å². The second kappa shape index (κ2) is 4.45. The van der Waals surface area contributed by atoms with Crippen molar-refractivity contribution in [1.29, 1.82) is 0 Å². The Morgan fingerprint density at radius 1 is 1.44 bits per heavy atom. The number of pyridine rings is 1. The predicted molar refractivity (Wildman–Crippen MR) is 60.5 cm³/mol. The molecule has 16 heavy (non-hydrogen) atoms. The van der Waals surface area contributed by atoms with Crippen molar-refractivity contribution in [3.8, 4) is 11.4 Å². The molecule has 0 radical (unpaired) electrons. The highest BCUT2D eigenvalue weighted by molar-refractivity contribution is 5.57. The molecule has 0 aliphatic rings. The fourth-order valence-electron chi connectivity index (χ4n) is 1.61. The highest BCUT2D eigenvalue weighted by Gasteiger charge is 2.13. The topological polar surface area (TPSA) is 52.8 Å². The molecule has 0 bridgehead atoms. The van der Waals surface area contributed by atoms with Gasteiger partial charge < -0.3 is 5.11 Å². The zero-order valence-corrected chi connectivity index (χ0v) is 9.51. The van der Waals surface area contributed by atoms with E-state index in [9.17, 15) is 5.11 Å². The number of nitrogens with zero attached hydrogens (tertiary/aromatic N) is 2. The van der Waals surface area contributed by atoms with Crippen molar-refractivity contribution in [1.82, 2.24) is 10.1 Å². The van der Waals surface area contributed by atoms with Crippen LogP contribution in [0.3, 0.4) is 0 Å². The minimum absolute atomic E-state index is 0.00384. The largest absolute Gasteiger partial charge is 0.392 e. The molecule has 0 aliphatic heterocycles. The maximum Gasteiger partial charge on any atom is 0.196 e. The summed E-state index contributed by atoms with van der Waals surface area (Å²) in [6.45, 7) is 4.21. The van der Waals surface area contributed by atoms with Gasteiger partial charge in [-0.25, -0.2) is 0 Å². The Morgan fingerprint density at radius 3 is 2.88 bits per heavy atom. The Balaban J connectivity index is 2.42. The van der Waals surface area contributed by atoms with Gasteiger partial charge in [0.1, 0.15) is 5.69 Å². The fraction of sp³-hybridized carbons (Fsp3) is 0.333. The standard InChI is InChI=1S/C12H15N3O/c1-9(2)15-7-5-11(14-15)12-10(8-16)4-3-6-13-12/h3-7,9,16H,8H2,1-2H3/p+1. The first-order valence-corrected chi connectivity index (χ1v) is 5.37. The van der Waals surface area contributed by atoms with Gasteiger partial charge in [-0.2, -0.15) is 5.10 Å². The van der Waals surface area contributed by atoms with Crippen molar-refractivity contribution in [2.75, 3.05) is 0 Å². The number of aromatic amines is 1. The quantitative estimate of drug-likeness (QED) is 0.766. The highest BCUT2D eigenvalue weighted by Crippen LogP contribution is 2.17. The molecule has 0 saturated heterocycles. The fourth-order valence-corrected chi connectivity index (χ4v) is 1.61. The van der Waals surface area contributed by atoms with Crippen LogP contribution in [0.1, 0.15) is 25.5 Å². The Labute approximate surface area is 94.6 Å². The molecule has 0 aliphatic carbocycles. The predicted octanol–water partition coefficient (Wildman–Crippen LogP) is 1.44. The van der Waals surface area contributed by atoms with Crippen LogP contribution in [0.15, 0.2) is 30.6 Å². The van der Waals surface area contributed by atoms with Crippen LogP contribution in [0, 0.1) is 0 Å². The molecule has 4 heteroatoms. The number of aromatic nitrogens is 3. The van der Waals surface area contributed by atoms with E-state index in [2.05, 4.69) is 23.9 Å². The normalized spacial score (nSPS) is 11.0. The lowest BCUT2D eigenvalue weighted by Gasteiger charge is -2.01. The summed E-state index contributed by atoms with van der Waals surface area (Å²) in [4.78, 5) is 4.29. The lowest BCUT2D eigenvalue weighted by molar-refractivity contribution is -0.767. The molecule has 0 unspecified atom stereocenters. The number of hydrogen-bond donors (Lipinski definition) is 2. The van der Waals surface area contributed by atoms with Gasteiger partial charge in [0.05, 0.1) is 12.3 Å². The summed E-state index contributed by atoms with van der Waals surface area (Å²) >= 11 is 0. The lowest BCUT2D eigenvalue weighted by Crippen LogP contribution is -2.37. The summed E-state index contributed by atoms with van der Waals surface area (Å²) in [5.41, 5.74) is 2.57. The van der Waals surface area contributed by atoms with Crippen molar-refractivity contribution in [2.45, 2.75) is 26.5 Å². The number of nitrogens with one attached hydrogen (secondary N) is 1. The summed E-state index contributed by atoms with van der Waals surface area (Å²) in [7, 11) is 0. The maximum absolute atomic E-state index is 9.24. The molecule has 0 aromatic carbocycles. The number of H-pyrrole nitrogens is 1. The van der Waals surface area contributed by atoms with E-state index in [-0.39, 0.29) is 6.61 Å². The van der Waals surface area contributed by atoms with Crippen molar-refractivity contribution in [3.05, 3.63) is 36.2 Å². The molecule has 0 saturated carbocycles. The van der Waals surface area contributed by atoms with Gasteiger partial charge in [-0.1, -0.05) is 6.07 Å². The molecular formula is C12H16N3O+. The van der Waals surface area contributed by atoms with E-state index in [1.807, 2.05) is 29.1 Å². The summed E-state index contributed by atoms with van der Waals surface area (Å²) in [6.07, 6.45) is 3.71. The van der Waals surface area contributed by atoms with Gasteiger partial charge in [-0.05, 0) is 19.9 Å². The van der Waals surface area contributed by atoms with Crippen molar-refractivity contribution < 1.29 is 9.79 Å². The van der Waals surface area contributed by atoms with Gasteiger partial charge in [0.15, 0.2) is 12.2 Å². The van der Waals surface area contributed by atoms with Crippen LogP contribution in [0.2, 0.25) is 0 Å². The number of rotatable bonds is 3. The van der Waals surface area contributed by atoms with Crippen molar-refractivity contribution >= 4 is 0 Å². The zero-order valence-electron chi connectivity index (χ0n) is 9.51. The van der Waals surface area contributed by atoms with Gasteiger partial charge in [0.2, 0.25) is 0 Å². The van der Waals surface area contributed by atoms with E-state index < -0.39 is 0 Å². The van der Waals surface area contributed by atoms with E-state index >= 15 is 0 Å². The molecule has 2 aromatic rings. The van der Waals surface area contributed by atoms with Crippen molar-refractivity contribution in [3.63, 3.8) is 0 Å². The van der Waals surface area contributed by atoms with E-state index in [0.717, 1.165) is 17.0 Å². The monoisotopic (exact) mass is 218 g/mol. The van der Waals surface area contributed by atoms with E-state index in [1.165, 1.54) is 0 Å². The Bertz CT molecular complexity index is 477. The van der Waals surface area contributed by atoms with Crippen LogP contribution in [-0.4, -0.2) is 15.2 Å². The number of aliphatic hydroxyl groups is 1. The minimum atomic E-state index is 0.00384. The second-order valence-corrected chi connectivity index (χ2v) is 4.01. The summed E-state index contributed by atoms with van der Waals surface area (Å²) in [5, 5.41) is 12.5. The smallest absolute Gasteiger partial charge is 0.196 e. The molecule has 2 aromatic heterocycles.